The predicted molar refractivity (Wildman–Crippen MR) is 70.2 cm³/mol. The lowest BCUT2D eigenvalue weighted by molar-refractivity contribution is -0.0479. The van der Waals surface area contributed by atoms with Gasteiger partial charge in [0.15, 0.2) is 23.4 Å². The van der Waals surface area contributed by atoms with Crippen LogP contribution in [0, 0.1) is 17.7 Å². The summed E-state index contributed by atoms with van der Waals surface area (Å²) in [5.74, 6) is 3.57. The van der Waals surface area contributed by atoms with Crippen molar-refractivity contribution in [2.45, 2.75) is 30.9 Å². The highest BCUT2D eigenvalue weighted by Gasteiger charge is 2.54. The van der Waals surface area contributed by atoms with Crippen molar-refractivity contribution in [3.8, 4) is 11.8 Å². The largest absolute Gasteiger partial charge is 0.394 e. The fourth-order valence-electron chi connectivity index (χ4n) is 2.22. The third kappa shape index (κ3) is 2.38. The maximum absolute atomic E-state index is 13.5. The van der Waals surface area contributed by atoms with Gasteiger partial charge in [0, 0.05) is 0 Å². The molecule has 4 atom stereocenters. The van der Waals surface area contributed by atoms with E-state index in [1.54, 1.807) is 0 Å². The van der Waals surface area contributed by atoms with Crippen LogP contribution in [0.15, 0.2) is 11.0 Å². The van der Waals surface area contributed by atoms with E-state index in [1.807, 2.05) is 0 Å². The zero-order valence-electron chi connectivity index (χ0n) is 11.2. The molecule has 1 aliphatic heterocycles. The number of aliphatic hydroxyl groups excluding tert-OH is 2. The number of hydrogen-bond donors (Lipinski definition) is 4. The first-order chi connectivity index (χ1) is 9.85. The molecule has 6 N–H and O–H groups in total. The molecule has 8 nitrogen and oxygen atoms in total. The SMILES string of the molecule is CC#CC1(N)C(n2cc(F)c(N)nc2=O)OC(CO)[C@@H]1O. The van der Waals surface area contributed by atoms with Crippen LogP contribution in [0.3, 0.4) is 0 Å². The second-order valence-electron chi connectivity index (χ2n) is 4.63. The normalized spacial score (nSPS) is 31.8. The van der Waals surface area contributed by atoms with E-state index in [0.29, 0.717) is 0 Å². The molecule has 0 amide bonds. The second-order valence-corrected chi connectivity index (χ2v) is 4.63. The number of hydrogen-bond acceptors (Lipinski definition) is 7. The minimum Gasteiger partial charge on any atom is -0.394 e. The Morgan fingerprint density at radius 3 is 2.90 bits per heavy atom. The van der Waals surface area contributed by atoms with E-state index in [4.69, 9.17) is 16.2 Å². The van der Waals surface area contributed by atoms with Crippen molar-refractivity contribution in [2.24, 2.45) is 5.73 Å². The molecular formula is C12H15FN4O4. The van der Waals surface area contributed by atoms with Crippen LogP contribution in [-0.4, -0.2) is 44.1 Å². The number of nitrogen functional groups attached to an aromatic ring is 1. The van der Waals surface area contributed by atoms with Gasteiger partial charge in [-0.25, -0.2) is 9.18 Å². The van der Waals surface area contributed by atoms with Crippen LogP contribution in [0.25, 0.3) is 0 Å². The molecule has 0 aliphatic carbocycles. The van der Waals surface area contributed by atoms with Gasteiger partial charge in [-0.15, -0.1) is 5.92 Å². The van der Waals surface area contributed by atoms with Crippen LogP contribution >= 0.6 is 0 Å². The first-order valence-corrected chi connectivity index (χ1v) is 6.06. The molecule has 2 rings (SSSR count). The van der Waals surface area contributed by atoms with E-state index >= 15 is 0 Å². The lowest BCUT2D eigenvalue weighted by atomic mass is 9.91. The Morgan fingerprint density at radius 1 is 1.67 bits per heavy atom. The first-order valence-electron chi connectivity index (χ1n) is 6.06. The third-order valence-corrected chi connectivity index (χ3v) is 3.26. The van der Waals surface area contributed by atoms with Crippen molar-refractivity contribution in [1.82, 2.24) is 9.55 Å². The Morgan fingerprint density at radius 2 is 2.33 bits per heavy atom. The summed E-state index contributed by atoms with van der Waals surface area (Å²) in [6.45, 7) is 0.941. The molecule has 0 spiro atoms. The van der Waals surface area contributed by atoms with Crippen LogP contribution in [0.1, 0.15) is 13.2 Å². The number of aromatic nitrogens is 2. The molecule has 2 heterocycles. The standard InChI is InChI=1S/C12H15FN4O4/c1-2-3-12(15)8(19)7(5-18)21-10(12)17-4-6(13)9(14)16-11(17)20/h4,7-8,10,18-19H,5,15H2,1H3,(H2,14,16,20)/t7?,8-,10?,12?/m0/s1. The molecule has 0 saturated carbocycles. The van der Waals surface area contributed by atoms with Crippen LogP contribution in [0.2, 0.25) is 0 Å². The summed E-state index contributed by atoms with van der Waals surface area (Å²) < 4.78 is 19.6. The minimum atomic E-state index is -1.70. The molecule has 21 heavy (non-hydrogen) atoms. The monoisotopic (exact) mass is 298 g/mol. The molecule has 1 aliphatic rings. The van der Waals surface area contributed by atoms with Gasteiger partial charge in [0.2, 0.25) is 0 Å². The van der Waals surface area contributed by atoms with Crippen molar-refractivity contribution in [3.05, 3.63) is 22.5 Å². The Hall–Kier alpha value is -1.99. The lowest BCUT2D eigenvalue weighted by Gasteiger charge is -2.27. The van der Waals surface area contributed by atoms with Gasteiger partial charge < -0.3 is 26.4 Å². The quantitative estimate of drug-likeness (QED) is 0.461. The second kappa shape index (κ2) is 5.42. The molecule has 0 aromatic carbocycles. The highest BCUT2D eigenvalue weighted by Crippen LogP contribution is 2.35. The fourth-order valence-corrected chi connectivity index (χ4v) is 2.22. The van der Waals surface area contributed by atoms with E-state index in [-0.39, 0.29) is 0 Å². The topological polar surface area (TPSA) is 137 Å². The molecule has 0 radical (unpaired) electrons. The van der Waals surface area contributed by atoms with Gasteiger partial charge in [0.05, 0.1) is 12.8 Å². The highest BCUT2D eigenvalue weighted by molar-refractivity contribution is 5.29. The maximum Gasteiger partial charge on any atom is 0.351 e. The molecule has 1 aromatic heterocycles. The minimum absolute atomic E-state index is 0.540. The maximum atomic E-state index is 13.5. The van der Waals surface area contributed by atoms with Gasteiger partial charge in [-0.3, -0.25) is 4.57 Å². The van der Waals surface area contributed by atoms with E-state index in [9.17, 15) is 19.4 Å². The van der Waals surface area contributed by atoms with Crippen molar-refractivity contribution >= 4 is 5.82 Å². The van der Waals surface area contributed by atoms with Crippen LogP contribution in [0.4, 0.5) is 10.2 Å². The van der Waals surface area contributed by atoms with Crippen LogP contribution in [-0.2, 0) is 4.74 Å². The Labute approximate surface area is 119 Å². The van der Waals surface area contributed by atoms with E-state index in [2.05, 4.69) is 16.8 Å². The van der Waals surface area contributed by atoms with Gasteiger partial charge in [-0.1, -0.05) is 5.92 Å². The number of aliphatic hydroxyl groups is 2. The van der Waals surface area contributed by atoms with Gasteiger partial charge in [-0.05, 0) is 6.92 Å². The molecule has 114 valence electrons. The van der Waals surface area contributed by atoms with Crippen molar-refractivity contribution < 1.29 is 19.3 Å². The molecule has 9 heteroatoms. The molecule has 1 saturated heterocycles. The van der Waals surface area contributed by atoms with Crippen molar-refractivity contribution in [3.63, 3.8) is 0 Å². The van der Waals surface area contributed by atoms with Crippen molar-refractivity contribution in [1.29, 1.82) is 0 Å². The van der Waals surface area contributed by atoms with E-state index in [1.165, 1.54) is 6.92 Å². The van der Waals surface area contributed by atoms with Gasteiger partial charge in [0.1, 0.15) is 12.2 Å². The summed E-state index contributed by atoms with van der Waals surface area (Å²) in [6, 6.07) is 0. The number of halogens is 1. The number of ether oxygens (including phenoxy) is 1. The first kappa shape index (κ1) is 15.4. The zero-order chi connectivity index (χ0) is 15.8. The number of rotatable bonds is 2. The number of anilines is 1. The molecule has 3 unspecified atom stereocenters. The zero-order valence-corrected chi connectivity index (χ0v) is 11.2. The van der Waals surface area contributed by atoms with Crippen LogP contribution in [0.5, 0.6) is 0 Å². The predicted octanol–water partition coefficient (Wildman–Crippen LogP) is -2.06. The summed E-state index contributed by atoms with van der Waals surface area (Å²) >= 11 is 0. The fraction of sp³-hybridized carbons (Fsp3) is 0.500. The van der Waals surface area contributed by atoms with Crippen LogP contribution < -0.4 is 17.2 Å². The van der Waals surface area contributed by atoms with Gasteiger partial charge >= 0.3 is 5.69 Å². The lowest BCUT2D eigenvalue weighted by Crippen LogP contribution is -2.55. The molecular weight excluding hydrogens is 283 g/mol. The molecule has 1 aromatic rings. The highest BCUT2D eigenvalue weighted by atomic mass is 19.1. The summed E-state index contributed by atoms with van der Waals surface area (Å²) in [4.78, 5) is 15.2. The van der Waals surface area contributed by atoms with Gasteiger partial charge in [-0.2, -0.15) is 4.98 Å². The Bertz CT molecular complexity index is 667. The number of nitrogens with two attached hydrogens (primary N) is 2. The third-order valence-electron chi connectivity index (χ3n) is 3.26. The summed E-state index contributed by atoms with van der Waals surface area (Å²) in [5.41, 5.74) is 8.61. The smallest absolute Gasteiger partial charge is 0.351 e. The average Bonchev–Trinajstić information content (AvgIpc) is 2.67. The number of nitrogens with zero attached hydrogens (tertiary/aromatic N) is 2. The van der Waals surface area contributed by atoms with E-state index in [0.717, 1.165) is 10.8 Å². The van der Waals surface area contributed by atoms with E-state index < -0.39 is 47.9 Å². The summed E-state index contributed by atoms with van der Waals surface area (Å²) in [7, 11) is 0. The average molecular weight is 298 g/mol. The molecule has 1 fully saturated rings. The van der Waals surface area contributed by atoms with Crippen molar-refractivity contribution in [2.75, 3.05) is 12.3 Å². The summed E-state index contributed by atoms with van der Waals surface area (Å²) in [6.07, 6.45) is -2.96. The van der Waals surface area contributed by atoms with Gasteiger partial charge in [0.25, 0.3) is 0 Å². The molecule has 0 bridgehead atoms. The summed E-state index contributed by atoms with van der Waals surface area (Å²) in [5, 5.41) is 19.3. The Balaban J connectivity index is 2.58. The Kier molecular flexibility index (Phi) is 3.97.